The van der Waals surface area contributed by atoms with E-state index in [1.807, 2.05) is 12.1 Å². The largest absolute Gasteiger partial charge is 0.439 e. The highest BCUT2D eigenvalue weighted by Gasteiger charge is 2.23. The van der Waals surface area contributed by atoms with E-state index in [1.54, 1.807) is 0 Å². The van der Waals surface area contributed by atoms with Crippen molar-refractivity contribution in [1.29, 1.82) is 0 Å². The van der Waals surface area contributed by atoms with Gasteiger partial charge in [-0.1, -0.05) is 30.3 Å². The smallest absolute Gasteiger partial charge is 0.212 e. The van der Waals surface area contributed by atoms with Crippen LogP contribution in [0.4, 0.5) is 0 Å². The van der Waals surface area contributed by atoms with Crippen molar-refractivity contribution in [3.05, 3.63) is 65.0 Å². The van der Waals surface area contributed by atoms with Crippen molar-refractivity contribution in [2.45, 2.75) is 25.9 Å². The van der Waals surface area contributed by atoms with Gasteiger partial charge in [0.15, 0.2) is 5.58 Å². The molecule has 3 heteroatoms. The number of benzene rings is 2. The van der Waals surface area contributed by atoms with Crippen LogP contribution in [0.3, 0.4) is 0 Å². The predicted molar refractivity (Wildman–Crippen MR) is 78.5 cm³/mol. The maximum absolute atomic E-state index is 5.93. The van der Waals surface area contributed by atoms with Gasteiger partial charge in [-0.25, -0.2) is 4.98 Å². The first kappa shape index (κ1) is 11.7. The summed E-state index contributed by atoms with van der Waals surface area (Å²) in [6.07, 6.45) is 0.933. The zero-order chi connectivity index (χ0) is 13.5. The Hall–Kier alpha value is -2.13. The lowest BCUT2D eigenvalue weighted by molar-refractivity contribution is 0.395. The maximum Gasteiger partial charge on any atom is 0.212 e. The summed E-state index contributed by atoms with van der Waals surface area (Å²) in [5.41, 5.74) is 5.76. The minimum absolute atomic E-state index is 0.164. The molecule has 0 saturated carbocycles. The molecule has 1 N–H and O–H groups in total. The second-order valence-electron chi connectivity index (χ2n) is 5.43. The number of aromatic nitrogens is 1. The summed E-state index contributed by atoms with van der Waals surface area (Å²) in [5.74, 6) is 0.792. The molecule has 0 fully saturated rings. The van der Waals surface area contributed by atoms with Gasteiger partial charge in [-0.3, -0.25) is 0 Å². The van der Waals surface area contributed by atoms with Crippen molar-refractivity contribution in [2.24, 2.45) is 0 Å². The SMILES string of the molecule is Cc1ccc2nc(C3Cc4ccccc4CN3)oc2c1. The van der Waals surface area contributed by atoms with Crippen LogP contribution in [0, 0.1) is 6.92 Å². The van der Waals surface area contributed by atoms with Gasteiger partial charge in [-0.2, -0.15) is 0 Å². The molecule has 0 saturated heterocycles. The average molecular weight is 264 g/mol. The number of hydrogen-bond acceptors (Lipinski definition) is 3. The van der Waals surface area contributed by atoms with Crippen LogP contribution < -0.4 is 5.32 Å². The first-order valence-electron chi connectivity index (χ1n) is 6.97. The highest BCUT2D eigenvalue weighted by atomic mass is 16.3. The van der Waals surface area contributed by atoms with Crippen molar-refractivity contribution >= 4 is 11.1 Å². The monoisotopic (exact) mass is 264 g/mol. The Labute approximate surface area is 117 Å². The Morgan fingerprint density at radius 3 is 2.90 bits per heavy atom. The molecular formula is C17H16N2O. The molecule has 0 spiro atoms. The van der Waals surface area contributed by atoms with E-state index < -0.39 is 0 Å². The predicted octanol–water partition coefficient (Wildman–Crippen LogP) is 3.52. The topological polar surface area (TPSA) is 38.1 Å². The van der Waals surface area contributed by atoms with Gasteiger partial charge in [0.1, 0.15) is 5.52 Å². The van der Waals surface area contributed by atoms with E-state index in [-0.39, 0.29) is 6.04 Å². The van der Waals surface area contributed by atoms with E-state index in [9.17, 15) is 0 Å². The summed E-state index contributed by atoms with van der Waals surface area (Å²) in [5, 5.41) is 3.51. The standard InChI is InChI=1S/C17H16N2O/c1-11-6-7-14-16(8-11)20-17(19-14)15-9-12-4-2-3-5-13(12)10-18-15/h2-8,15,18H,9-10H2,1H3. The average Bonchev–Trinajstić information content (AvgIpc) is 2.89. The second-order valence-corrected chi connectivity index (χ2v) is 5.43. The number of nitrogens with zero attached hydrogens (tertiary/aromatic N) is 1. The quantitative estimate of drug-likeness (QED) is 0.730. The van der Waals surface area contributed by atoms with Crippen molar-refractivity contribution in [2.75, 3.05) is 0 Å². The lowest BCUT2D eigenvalue weighted by Gasteiger charge is -2.23. The third kappa shape index (κ3) is 1.91. The van der Waals surface area contributed by atoms with Crippen LogP contribution in [-0.2, 0) is 13.0 Å². The van der Waals surface area contributed by atoms with E-state index in [4.69, 9.17) is 4.42 Å². The molecule has 3 aromatic rings. The molecule has 1 atom stereocenters. The molecule has 1 aliphatic heterocycles. The molecular weight excluding hydrogens is 248 g/mol. The Kier molecular flexibility index (Phi) is 2.60. The zero-order valence-corrected chi connectivity index (χ0v) is 11.4. The lowest BCUT2D eigenvalue weighted by Crippen LogP contribution is -2.28. The van der Waals surface area contributed by atoms with Crippen molar-refractivity contribution < 1.29 is 4.42 Å². The number of rotatable bonds is 1. The zero-order valence-electron chi connectivity index (χ0n) is 11.4. The molecule has 3 nitrogen and oxygen atoms in total. The number of nitrogens with one attached hydrogen (secondary N) is 1. The fourth-order valence-corrected chi connectivity index (χ4v) is 2.83. The Morgan fingerprint density at radius 2 is 2.00 bits per heavy atom. The number of aryl methyl sites for hydroxylation is 1. The van der Waals surface area contributed by atoms with E-state index >= 15 is 0 Å². The van der Waals surface area contributed by atoms with Crippen LogP contribution in [0.2, 0.25) is 0 Å². The highest BCUT2D eigenvalue weighted by Crippen LogP contribution is 2.27. The first-order chi connectivity index (χ1) is 9.79. The Balaban J connectivity index is 1.70. The number of hydrogen-bond donors (Lipinski definition) is 1. The summed E-state index contributed by atoms with van der Waals surface area (Å²) in [7, 11) is 0. The van der Waals surface area contributed by atoms with Crippen molar-refractivity contribution in [3.63, 3.8) is 0 Å². The van der Waals surface area contributed by atoms with Crippen LogP contribution in [0.25, 0.3) is 11.1 Å². The van der Waals surface area contributed by atoms with Gasteiger partial charge in [0.2, 0.25) is 5.89 Å². The lowest BCUT2D eigenvalue weighted by atomic mass is 9.96. The van der Waals surface area contributed by atoms with Crippen LogP contribution in [0.5, 0.6) is 0 Å². The molecule has 2 heterocycles. The minimum atomic E-state index is 0.164. The third-order valence-corrected chi connectivity index (χ3v) is 3.94. The van der Waals surface area contributed by atoms with Gasteiger partial charge < -0.3 is 9.73 Å². The summed E-state index contributed by atoms with van der Waals surface area (Å²) >= 11 is 0. The summed E-state index contributed by atoms with van der Waals surface area (Å²) in [4.78, 5) is 4.62. The molecule has 1 unspecified atom stereocenters. The number of oxazole rings is 1. The Bertz CT molecular complexity index is 776. The maximum atomic E-state index is 5.93. The number of fused-ring (bicyclic) bond motifs is 2. The molecule has 4 rings (SSSR count). The molecule has 0 amide bonds. The fraction of sp³-hybridized carbons (Fsp3) is 0.235. The first-order valence-corrected chi connectivity index (χ1v) is 6.97. The normalized spacial score (nSPS) is 18.1. The molecule has 0 aliphatic carbocycles. The van der Waals surface area contributed by atoms with Crippen LogP contribution in [0.1, 0.15) is 28.6 Å². The molecule has 1 aromatic heterocycles. The van der Waals surface area contributed by atoms with Crippen molar-refractivity contribution in [3.8, 4) is 0 Å². The fourth-order valence-electron chi connectivity index (χ4n) is 2.83. The van der Waals surface area contributed by atoms with Gasteiger partial charge in [-0.05, 0) is 42.2 Å². The minimum Gasteiger partial charge on any atom is -0.439 e. The molecule has 2 aromatic carbocycles. The third-order valence-electron chi connectivity index (χ3n) is 3.94. The molecule has 20 heavy (non-hydrogen) atoms. The second kappa shape index (κ2) is 4.46. The van der Waals surface area contributed by atoms with E-state index in [0.29, 0.717) is 0 Å². The van der Waals surface area contributed by atoms with Crippen LogP contribution in [0.15, 0.2) is 46.9 Å². The van der Waals surface area contributed by atoms with Gasteiger partial charge in [0.05, 0.1) is 6.04 Å². The van der Waals surface area contributed by atoms with E-state index in [1.165, 1.54) is 16.7 Å². The van der Waals surface area contributed by atoms with Gasteiger partial charge in [0, 0.05) is 6.54 Å². The van der Waals surface area contributed by atoms with Crippen molar-refractivity contribution in [1.82, 2.24) is 10.3 Å². The van der Waals surface area contributed by atoms with Crippen LogP contribution in [-0.4, -0.2) is 4.98 Å². The van der Waals surface area contributed by atoms with E-state index in [0.717, 1.165) is 30.0 Å². The summed E-state index contributed by atoms with van der Waals surface area (Å²) in [6.45, 7) is 2.94. The van der Waals surface area contributed by atoms with Crippen LogP contribution >= 0.6 is 0 Å². The molecule has 0 bridgehead atoms. The molecule has 1 aliphatic rings. The molecule has 0 radical (unpaired) electrons. The Morgan fingerprint density at radius 1 is 1.15 bits per heavy atom. The summed E-state index contributed by atoms with van der Waals surface area (Å²) < 4.78 is 5.93. The molecule has 100 valence electrons. The highest BCUT2D eigenvalue weighted by molar-refractivity contribution is 5.73. The van der Waals surface area contributed by atoms with Gasteiger partial charge >= 0.3 is 0 Å². The van der Waals surface area contributed by atoms with E-state index in [2.05, 4.69) is 47.6 Å². The van der Waals surface area contributed by atoms with Gasteiger partial charge in [0.25, 0.3) is 0 Å². The summed E-state index contributed by atoms with van der Waals surface area (Å²) in [6, 6.07) is 14.8. The van der Waals surface area contributed by atoms with Gasteiger partial charge in [-0.15, -0.1) is 0 Å².